The van der Waals surface area contributed by atoms with Crippen LogP contribution >= 0.6 is 7.82 Å². The van der Waals surface area contributed by atoms with Crippen LogP contribution in [0.2, 0.25) is 0 Å². The molecule has 5 rings (SSSR count). The Kier molecular flexibility index (Phi) is 4.57. The summed E-state index contributed by atoms with van der Waals surface area (Å²) in [6, 6.07) is 13.7. The Bertz CT molecular complexity index is 1240. The van der Waals surface area contributed by atoms with Crippen molar-refractivity contribution in [3.05, 3.63) is 72.3 Å². The van der Waals surface area contributed by atoms with Gasteiger partial charge in [0.2, 0.25) is 0 Å². The second kappa shape index (κ2) is 7.16. The van der Waals surface area contributed by atoms with Gasteiger partial charge in [0.05, 0.1) is 0 Å². The molecule has 0 spiro atoms. The van der Waals surface area contributed by atoms with E-state index in [4.69, 9.17) is 9.05 Å². The third-order valence-electron chi connectivity index (χ3n) is 6.17. The summed E-state index contributed by atoms with van der Waals surface area (Å²) < 4.78 is 23.5. The molecule has 1 aliphatic heterocycles. The molecule has 1 fully saturated rings. The van der Waals surface area contributed by atoms with Gasteiger partial charge in [-0.3, -0.25) is 4.89 Å². The predicted molar refractivity (Wildman–Crippen MR) is 122 cm³/mol. The Morgan fingerprint density at radius 2 is 1.63 bits per heavy atom. The van der Waals surface area contributed by atoms with Crippen LogP contribution in [0.5, 0.6) is 11.5 Å². The van der Waals surface area contributed by atoms with E-state index >= 15 is 0 Å². The van der Waals surface area contributed by atoms with Crippen molar-refractivity contribution in [3.63, 3.8) is 0 Å². The lowest BCUT2D eigenvalue weighted by Crippen LogP contribution is -1.97. The molecule has 1 N–H and O–H groups in total. The second-order valence-electron chi connectivity index (χ2n) is 7.90. The molecule has 0 amide bonds. The molecule has 5 heteroatoms. The van der Waals surface area contributed by atoms with Gasteiger partial charge in [0.1, 0.15) is 11.5 Å². The fraction of sp³-hybridized carbons (Fsp3) is 0.200. The minimum atomic E-state index is -4.31. The van der Waals surface area contributed by atoms with Crippen LogP contribution in [0.4, 0.5) is 0 Å². The molecule has 4 nitrogen and oxygen atoms in total. The lowest BCUT2D eigenvalue weighted by Gasteiger charge is -2.16. The standard InChI is InChI=1S/C25H23O4P/c1-3-16-10-13-22-24(20(16)4-2)25-21-12-9-18(17-7-5-6-8-17)15-19(21)11-14-23(25)29-30(26,27)28-22/h3-4,9-15,17H,1-2,5-8H2,(H,26,27). The molecule has 1 saturated carbocycles. The Hall–Kier alpha value is -2.81. The number of phosphoric ester groups is 1. The number of benzene rings is 3. The molecule has 0 bridgehead atoms. The minimum absolute atomic E-state index is 0.299. The molecule has 1 aliphatic carbocycles. The quantitative estimate of drug-likeness (QED) is 0.453. The molecular weight excluding hydrogens is 395 g/mol. The first kappa shape index (κ1) is 19.2. The summed E-state index contributed by atoms with van der Waals surface area (Å²) in [5.74, 6) is 1.23. The van der Waals surface area contributed by atoms with Gasteiger partial charge in [-0.2, -0.15) is 0 Å². The van der Waals surface area contributed by atoms with Gasteiger partial charge in [-0.1, -0.05) is 68.5 Å². The van der Waals surface area contributed by atoms with Gasteiger partial charge in [-0.25, -0.2) is 4.57 Å². The van der Waals surface area contributed by atoms with E-state index < -0.39 is 7.82 Å². The van der Waals surface area contributed by atoms with E-state index in [0.717, 1.165) is 27.5 Å². The average molecular weight is 418 g/mol. The van der Waals surface area contributed by atoms with Gasteiger partial charge in [-0.05, 0) is 58.4 Å². The third-order valence-corrected chi connectivity index (χ3v) is 7.03. The highest BCUT2D eigenvalue weighted by atomic mass is 31.2. The van der Waals surface area contributed by atoms with Crippen LogP contribution in [0.3, 0.4) is 0 Å². The average Bonchev–Trinajstić information content (AvgIpc) is 3.24. The van der Waals surface area contributed by atoms with Crippen LogP contribution in [-0.4, -0.2) is 4.89 Å². The van der Waals surface area contributed by atoms with Crippen molar-refractivity contribution >= 4 is 30.7 Å². The first-order chi connectivity index (χ1) is 14.5. The third kappa shape index (κ3) is 3.08. The molecule has 0 aromatic heterocycles. The van der Waals surface area contributed by atoms with Gasteiger partial charge in [0, 0.05) is 11.1 Å². The Morgan fingerprint density at radius 3 is 2.33 bits per heavy atom. The smallest absolute Gasteiger partial charge is 0.395 e. The van der Waals surface area contributed by atoms with Crippen molar-refractivity contribution in [1.29, 1.82) is 0 Å². The van der Waals surface area contributed by atoms with E-state index in [1.165, 1.54) is 31.2 Å². The molecule has 2 aliphatic rings. The van der Waals surface area contributed by atoms with E-state index in [0.29, 0.717) is 23.0 Å². The van der Waals surface area contributed by atoms with E-state index in [9.17, 15) is 9.46 Å². The van der Waals surface area contributed by atoms with Crippen molar-refractivity contribution in [2.24, 2.45) is 0 Å². The van der Waals surface area contributed by atoms with E-state index in [1.807, 2.05) is 6.07 Å². The predicted octanol–water partition coefficient (Wildman–Crippen LogP) is 7.32. The minimum Gasteiger partial charge on any atom is -0.395 e. The molecule has 3 aromatic rings. The molecule has 1 atom stereocenters. The number of phosphoric acid groups is 1. The zero-order valence-electron chi connectivity index (χ0n) is 16.6. The topological polar surface area (TPSA) is 55.8 Å². The molecule has 3 aromatic carbocycles. The van der Waals surface area contributed by atoms with E-state index in [-0.39, 0.29) is 0 Å². The van der Waals surface area contributed by atoms with Gasteiger partial charge in [0.25, 0.3) is 0 Å². The molecule has 30 heavy (non-hydrogen) atoms. The number of rotatable bonds is 3. The zero-order valence-corrected chi connectivity index (χ0v) is 17.5. The van der Waals surface area contributed by atoms with E-state index in [1.54, 1.807) is 30.4 Å². The van der Waals surface area contributed by atoms with Crippen molar-refractivity contribution in [2.45, 2.75) is 31.6 Å². The number of hydrogen-bond acceptors (Lipinski definition) is 3. The van der Waals surface area contributed by atoms with Crippen LogP contribution < -0.4 is 9.05 Å². The van der Waals surface area contributed by atoms with Crippen molar-refractivity contribution in [2.75, 3.05) is 0 Å². The van der Waals surface area contributed by atoms with Crippen molar-refractivity contribution in [1.82, 2.24) is 0 Å². The van der Waals surface area contributed by atoms with Crippen molar-refractivity contribution in [3.8, 4) is 22.6 Å². The number of fused-ring (bicyclic) bond motifs is 5. The summed E-state index contributed by atoms with van der Waals surface area (Å²) in [7, 11) is -4.31. The SMILES string of the molecule is C=Cc1ccc2c(c1C=C)-c1c(ccc3cc(C4CCCC4)ccc13)OP(=O)(O)O2. The fourth-order valence-electron chi connectivity index (χ4n) is 4.79. The maximum Gasteiger partial charge on any atom is 0.584 e. The highest BCUT2D eigenvalue weighted by molar-refractivity contribution is 7.48. The molecule has 0 radical (unpaired) electrons. The monoisotopic (exact) mass is 418 g/mol. The summed E-state index contributed by atoms with van der Waals surface area (Å²) >= 11 is 0. The molecule has 0 saturated heterocycles. The molecule has 1 unspecified atom stereocenters. The normalized spacial score (nSPS) is 20.6. The zero-order chi connectivity index (χ0) is 20.9. The van der Waals surface area contributed by atoms with Gasteiger partial charge in [-0.15, -0.1) is 0 Å². The maximum absolute atomic E-state index is 12.6. The summed E-state index contributed by atoms with van der Waals surface area (Å²) in [4.78, 5) is 10.3. The largest absolute Gasteiger partial charge is 0.584 e. The Balaban J connectivity index is 1.83. The summed E-state index contributed by atoms with van der Waals surface area (Å²) in [5.41, 5.74) is 4.45. The molecular formula is C25H23O4P. The van der Waals surface area contributed by atoms with Gasteiger partial charge < -0.3 is 9.05 Å². The number of hydrogen-bond donors (Lipinski definition) is 1. The summed E-state index contributed by atoms with van der Waals surface area (Å²) in [6.45, 7) is 7.85. The Labute approximate surface area is 176 Å². The Morgan fingerprint density at radius 1 is 0.933 bits per heavy atom. The fourth-order valence-corrected chi connectivity index (χ4v) is 5.63. The van der Waals surface area contributed by atoms with Crippen LogP contribution in [-0.2, 0) is 4.57 Å². The highest BCUT2D eigenvalue weighted by Crippen LogP contribution is 2.56. The van der Waals surface area contributed by atoms with Crippen LogP contribution in [0.25, 0.3) is 34.1 Å². The molecule has 152 valence electrons. The van der Waals surface area contributed by atoms with Gasteiger partial charge in [0.15, 0.2) is 0 Å². The maximum atomic E-state index is 12.6. The van der Waals surface area contributed by atoms with Crippen LogP contribution in [0, 0.1) is 0 Å². The second-order valence-corrected chi connectivity index (χ2v) is 9.20. The van der Waals surface area contributed by atoms with Crippen LogP contribution in [0.15, 0.2) is 55.6 Å². The summed E-state index contributed by atoms with van der Waals surface area (Å²) in [6.07, 6.45) is 8.49. The molecule has 1 heterocycles. The lowest BCUT2D eigenvalue weighted by molar-refractivity contribution is 0.294. The van der Waals surface area contributed by atoms with E-state index in [2.05, 4.69) is 31.4 Å². The first-order valence-electron chi connectivity index (χ1n) is 10.2. The van der Waals surface area contributed by atoms with Gasteiger partial charge >= 0.3 is 7.82 Å². The first-order valence-corrected chi connectivity index (χ1v) is 11.7. The lowest BCUT2D eigenvalue weighted by atomic mass is 9.88. The van der Waals surface area contributed by atoms with Crippen molar-refractivity contribution < 1.29 is 18.5 Å². The summed E-state index contributed by atoms with van der Waals surface area (Å²) in [5, 5.41) is 2.02. The highest BCUT2D eigenvalue weighted by Gasteiger charge is 2.34. The van der Waals surface area contributed by atoms with Crippen LogP contribution in [0.1, 0.15) is 48.3 Å².